The third-order valence-electron chi connectivity index (χ3n) is 3.84. The molecule has 7 heteroatoms. The van der Waals surface area contributed by atoms with E-state index in [1.54, 1.807) is 0 Å². The van der Waals surface area contributed by atoms with Gasteiger partial charge in [0.25, 0.3) is 0 Å². The highest BCUT2D eigenvalue weighted by atomic mass is 127. The van der Waals surface area contributed by atoms with Crippen molar-refractivity contribution in [1.29, 1.82) is 0 Å². The third-order valence-corrected chi connectivity index (χ3v) is 5.00. The van der Waals surface area contributed by atoms with Crippen LogP contribution in [0.3, 0.4) is 0 Å². The first kappa shape index (κ1) is 17.2. The van der Waals surface area contributed by atoms with Crippen molar-refractivity contribution in [3.8, 4) is 0 Å². The average molecular weight is 426 g/mol. The van der Waals surface area contributed by atoms with Crippen molar-refractivity contribution in [3.63, 3.8) is 0 Å². The molecule has 0 bridgehead atoms. The van der Waals surface area contributed by atoms with Crippen molar-refractivity contribution >= 4 is 47.4 Å². The van der Waals surface area contributed by atoms with E-state index in [9.17, 15) is 8.78 Å². The highest BCUT2D eigenvalue weighted by Gasteiger charge is 2.53. The van der Waals surface area contributed by atoms with E-state index in [4.69, 9.17) is 20.9 Å². The van der Waals surface area contributed by atoms with Gasteiger partial charge in [-0.3, -0.25) is 0 Å². The Labute approximate surface area is 142 Å². The summed E-state index contributed by atoms with van der Waals surface area (Å²) in [5.41, 5.74) is -2.03. The quantitative estimate of drug-likeness (QED) is 0.375. The fourth-order valence-electron chi connectivity index (χ4n) is 1.84. The number of rotatable bonds is 2. The maximum Gasteiger partial charge on any atom is 0.525 e. The van der Waals surface area contributed by atoms with Crippen LogP contribution in [-0.4, -0.2) is 18.3 Å². The molecule has 1 aliphatic rings. The second-order valence-corrected chi connectivity index (χ2v) is 7.44. The van der Waals surface area contributed by atoms with Gasteiger partial charge in [-0.25, -0.2) is 8.78 Å². The van der Waals surface area contributed by atoms with Crippen molar-refractivity contribution in [2.24, 2.45) is 0 Å². The summed E-state index contributed by atoms with van der Waals surface area (Å²) >= 11 is 7.75. The van der Waals surface area contributed by atoms with E-state index in [-0.39, 0.29) is 10.6 Å². The zero-order chi connectivity index (χ0) is 16.0. The molecule has 0 aromatic heterocycles. The van der Waals surface area contributed by atoms with Gasteiger partial charge in [-0.05, 0) is 68.5 Å². The summed E-state index contributed by atoms with van der Waals surface area (Å²) in [7, 11) is -1.16. The van der Waals surface area contributed by atoms with Crippen LogP contribution in [0.4, 0.5) is 8.78 Å². The SMILES string of the molecule is CC1(C)OB(C(F)=Cc2c(Cl)ccc(I)c2F)OC1(C)C. The van der Waals surface area contributed by atoms with Crippen LogP contribution in [0.5, 0.6) is 0 Å². The molecule has 1 saturated heterocycles. The van der Waals surface area contributed by atoms with Crippen molar-refractivity contribution in [1.82, 2.24) is 0 Å². The van der Waals surface area contributed by atoms with Gasteiger partial charge in [0.2, 0.25) is 0 Å². The Hall–Kier alpha value is -0.175. The lowest BCUT2D eigenvalue weighted by atomic mass is 9.87. The summed E-state index contributed by atoms with van der Waals surface area (Å²) in [4.78, 5) is 0. The smallest absolute Gasteiger partial charge is 0.398 e. The summed E-state index contributed by atoms with van der Waals surface area (Å²) in [5.74, 6) is -0.560. The van der Waals surface area contributed by atoms with E-state index in [0.717, 1.165) is 6.08 Å². The second kappa shape index (κ2) is 5.79. The molecule has 1 aliphatic heterocycles. The van der Waals surface area contributed by atoms with Crippen molar-refractivity contribution in [2.75, 3.05) is 0 Å². The molecule has 0 spiro atoms. The molecule has 2 nitrogen and oxygen atoms in total. The van der Waals surface area contributed by atoms with Crippen LogP contribution < -0.4 is 0 Å². The lowest BCUT2D eigenvalue weighted by Gasteiger charge is -2.32. The number of halogens is 4. The lowest BCUT2D eigenvalue weighted by molar-refractivity contribution is 0.00578. The molecule has 1 aromatic rings. The van der Waals surface area contributed by atoms with E-state index in [1.165, 1.54) is 12.1 Å². The maximum absolute atomic E-state index is 14.4. The molecule has 114 valence electrons. The van der Waals surface area contributed by atoms with E-state index in [2.05, 4.69) is 0 Å². The second-order valence-electron chi connectivity index (χ2n) is 5.87. The predicted octanol–water partition coefficient (Wildman–Crippen LogP) is 5.03. The zero-order valence-electron chi connectivity index (χ0n) is 12.1. The minimum atomic E-state index is -1.16. The fraction of sp³-hybridized carbons (Fsp3) is 0.429. The number of hydrogen-bond donors (Lipinski definition) is 0. The molecule has 0 radical (unpaired) electrons. The summed E-state index contributed by atoms with van der Waals surface area (Å²) in [5, 5.41) is 0.139. The van der Waals surface area contributed by atoms with Crippen LogP contribution in [0.15, 0.2) is 17.9 Å². The van der Waals surface area contributed by atoms with Crippen LogP contribution in [0, 0.1) is 9.39 Å². The van der Waals surface area contributed by atoms with Gasteiger partial charge in [-0.1, -0.05) is 11.6 Å². The Balaban J connectivity index is 2.34. The van der Waals surface area contributed by atoms with E-state index in [1.807, 2.05) is 50.3 Å². The molecular formula is C14H15BClF2IO2. The van der Waals surface area contributed by atoms with Crippen LogP contribution in [-0.2, 0) is 9.31 Å². The van der Waals surface area contributed by atoms with Crippen molar-refractivity contribution in [3.05, 3.63) is 37.8 Å². The summed E-state index contributed by atoms with van der Waals surface area (Å²) in [6, 6.07) is 3.05. The Morgan fingerprint density at radius 1 is 1.24 bits per heavy atom. The van der Waals surface area contributed by atoms with Crippen LogP contribution in [0.1, 0.15) is 33.3 Å². The zero-order valence-corrected chi connectivity index (χ0v) is 15.1. The Bertz CT molecular complexity index is 589. The Morgan fingerprint density at radius 2 is 1.76 bits per heavy atom. The van der Waals surface area contributed by atoms with Gasteiger partial charge in [0.05, 0.1) is 16.2 Å². The number of hydrogen-bond acceptors (Lipinski definition) is 2. The highest BCUT2D eigenvalue weighted by Crippen LogP contribution is 2.39. The lowest BCUT2D eigenvalue weighted by Crippen LogP contribution is -2.41. The maximum atomic E-state index is 14.4. The Morgan fingerprint density at radius 3 is 2.29 bits per heavy atom. The number of benzene rings is 1. The predicted molar refractivity (Wildman–Crippen MR) is 89.3 cm³/mol. The van der Waals surface area contributed by atoms with Gasteiger partial charge < -0.3 is 9.31 Å². The van der Waals surface area contributed by atoms with Gasteiger partial charge in [-0.15, -0.1) is 0 Å². The molecule has 0 N–H and O–H groups in total. The van der Waals surface area contributed by atoms with Crippen LogP contribution in [0.2, 0.25) is 5.02 Å². The van der Waals surface area contributed by atoms with Gasteiger partial charge in [-0.2, -0.15) is 0 Å². The molecular weight excluding hydrogens is 411 g/mol. The van der Waals surface area contributed by atoms with Gasteiger partial charge >= 0.3 is 7.12 Å². The molecule has 0 amide bonds. The van der Waals surface area contributed by atoms with Gasteiger partial charge in [0.1, 0.15) is 11.5 Å². The van der Waals surface area contributed by atoms with Gasteiger partial charge in [0.15, 0.2) is 0 Å². The minimum absolute atomic E-state index is 0.00391. The molecule has 21 heavy (non-hydrogen) atoms. The minimum Gasteiger partial charge on any atom is -0.398 e. The molecule has 1 fully saturated rings. The molecule has 0 unspecified atom stereocenters. The summed E-state index contributed by atoms with van der Waals surface area (Å²) < 4.78 is 39.9. The molecule has 0 saturated carbocycles. The first-order valence-corrected chi connectivity index (χ1v) is 7.87. The summed E-state index contributed by atoms with van der Waals surface area (Å²) in [6.45, 7) is 7.27. The third kappa shape index (κ3) is 3.28. The first-order chi connectivity index (χ1) is 9.55. The molecule has 0 aliphatic carbocycles. The molecule has 1 heterocycles. The first-order valence-electron chi connectivity index (χ1n) is 6.41. The molecule has 0 atom stereocenters. The highest BCUT2D eigenvalue weighted by molar-refractivity contribution is 14.1. The normalized spacial score (nSPS) is 21.0. The molecule has 1 aromatic carbocycles. The van der Waals surface area contributed by atoms with Gasteiger partial charge in [0, 0.05) is 9.13 Å². The summed E-state index contributed by atoms with van der Waals surface area (Å²) in [6.07, 6.45) is 1.03. The standard InChI is InChI=1S/C14H15BClF2IO2/c1-13(2)14(3,4)21-15(20-13)11(17)7-8-9(16)5-6-10(19)12(8)18/h5-7H,1-4H3. The fourth-order valence-corrected chi connectivity index (χ4v) is 2.51. The monoisotopic (exact) mass is 426 g/mol. The Kier molecular flexibility index (Phi) is 4.74. The molecule has 2 rings (SSSR count). The topological polar surface area (TPSA) is 18.5 Å². The van der Waals surface area contributed by atoms with E-state index < -0.39 is 29.9 Å². The van der Waals surface area contributed by atoms with Crippen molar-refractivity contribution in [2.45, 2.75) is 38.9 Å². The van der Waals surface area contributed by atoms with E-state index in [0.29, 0.717) is 3.57 Å². The van der Waals surface area contributed by atoms with Crippen molar-refractivity contribution < 1.29 is 18.1 Å². The van der Waals surface area contributed by atoms with Crippen LogP contribution >= 0.6 is 34.2 Å². The van der Waals surface area contributed by atoms with Crippen LogP contribution in [0.25, 0.3) is 6.08 Å². The largest absolute Gasteiger partial charge is 0.525 e. The average Bonchev–Trinajstić information content (AvgIpc) is 2.59. The van der Waals surface area contributed by atoms with E-state index >= 15 is 0 Å².